The summed E-state index contributed by atoms with van der Waals surface area (Å²) in [4.78, 5) is 0. The molecule has 1 heteroatoms. The molecule has 10 aromatic rings. The van der Waals surface area contributed by atoms with Crippen LogP contribution in [-0.2, 0) is 0 Å². The predicted octanol–water partition coefficient (Wildman–Crippen LogP) is 13.7. The summed E-state index contributed by atoms with van der Waals surface area (Å²) < 4.78 is 6.43. The molecule has 0 unspecified atom stereocenters. The minimum Gasteiger partial charge on any atom is -0.456 e. The van der Waals surface area contributed by atoms with Crippen molar-refractivity contribution in [2.45, 2.75) is 0 Å². The van der Waals surface area contributed by atoms with E-state index in [9.17, 15) is 0 Å². The summed E-state index contributed by atoms with van der Waals surface area (Å²) in [5.74, 6) is 0. The Morgan fingerprint density at radius 2 is 0.776 bits per heavy atom. The van der Waals surface area contributed by atoms with Gasteiger partial charge in [-0.1, -0.05) is 152 Å². The highest BCUT2D eigenvalue weighted by molar-refractivity contribution is 6.23. The van der Waals surface area contributed by atoms with Crippen LogP contribution in [0, 0.1) is 0 Å². The molecule has 49 heavy (non-hydrogen) atoms. The highest BCUT2D eigenvalue weighted by Gasteiger charge is 2.21. The largest absolute Gasteiger partial charge is 0.456 e. The van der Waals surface area contributed by atoms with Crippen LogP contribution in [0.25, 0.3) is 98.8 Å². The zero-order valence-electron chi connectivity index (χ0n) is 26.7. The molecule has 228 valence electrons. The van der Waals surface area contributed by atoms with Crippen LogP contribution in [0.5, 0.6) is 0 Å². The lowest BCUT2D eigenvalue weighted by Crippen LogP contribution is -1.93. The Bertz CT molecular complexity index is 2800. The minimum absolute atomic E-state index is 0.901. The molecule has 9 aromatic carbocycles. The quantitative estimate of drug-likeness (QED) is 0.178. The van der Waals surface area contributed by atoms with Crippen LogP contribution < -0.4 is 0 Å². The molecule has 0 aliphatic heterocycles. The van der Waals surface area contributed by atoms with Gasteiger partial charge in [0.15, 0.2) is 0 Å². The van der Waals surface area contributed by atoms with Crippen LogP contribution in [0.15, 0.2) is 186 Å². The Labute approximate surface area is 284 Å². The summed E-state index contributed by atoms with van der Waals surface area (Å²) >= 11 is 0. The summed E-state index contributed by atoms with van der Waals surface area (Å²) in [5, 5.41) is 9.74. The molecule has 0 saturated heterocycles. The van der Waals surface area contributed by atoms with Gasteiger partial charge < -0.3 is 4.42 Å². The van der Waals surface area contributed by atoms with E-state index in [0.717, 1.165) is 21.9 Å². The lowest BCUT2D eigenvalue weighted by Gasteiger charge is -2.20. The Hall–Kier alpha value is -6.44. The van der Waals surface area contributed by atoms with Crippen LogP contribution in [0.1, 0.15) is 0 Å². The first kappa shape index (κ1) is 27.7. The smallest absolute Gasteiger partial charge is 0.136 e. The fourth-order valence-electron chi connectivity index (χ4n) is 7.98. The summed E-state index contributed by atoms with van der Waals surface area (Å²) in [6.45, 7) is 0. The third-order valence-corrected chi connectivity index (χ3v) is 10.0. The van der Waals surface area contributed by atoms with Crippen molar-refractivity contribution in [1.29, 1.82) is 0 Å². The SMILES string of the molecule is c1ccc(-c2c3ccccc3c(-c3cc(-c4ccc5oc6ccccc6c5c4-c4ccccc4)c4ccccc4c3)c3ccccc23)cc1. The van der Waals surface area contributed by atoms with Gasteiger partial charge >= 0.3 is 0 Å². The van der Waals surface area contributed by atoms with Gasteiger partial charge in [-0.3, -0.25) is 0 Å². The molecule has 0 amide bonds. The molecule has 0 aliphatic carbocycles. The molecule has 0 aliphatic rings. The van der Waals surface area contributed by atoms with Crippen LogP contribution in [-0.4, -0.2) is 0 Å². The highest BCUT2D eigenvalue weighted by Crippen LogP contribution is 2.48. The number of hydrogen-bond acceptors (Lipinski definition) is 1. The number of fused-ring (bicyclic) bond motifs is 6. The summed E-state index contributed by atoms with van der Waals surface area (Å²) in [7, 11) is 0. The second-order valence-corrected chi connectivity index (χ2v) is 12.8. The van der Waals surface area contributed by atoms with Crippen molar-refractivity contribution in [2.24, 2.45) is 0 Å². The average Bonchev–Trinajstić information content (AvgIpc) is 3.55. The van der Waals surface area contributed by atoms with Gasteiger partial charge in [0.25, 0.3) is 0 Å². The van der Waals surface area contributed by atoms with Gasteiger partial charge in [0.1, 0.15) is 11.2 Å². The van der Waals surface area contributed by atoms with Gasteiger partial charge in [0.05, 0.1) is 0 Å². The Morgan fingerprint density at radius 1 is 0.286 bits per heavy atom. The monoisotopic (exact) mass is 622 g/mol. The molecule has 0 spiro atoms. The van der Waals surface area contributed by atoms with Crippen molar-refractivity contribution >= 4 is 54.3 Å². The molecule has 0 radical (unpaired) electrons. The third-order valence-electron chi connectivity index (χ3n) is 10.0. The Balaban J connectivity index is 1.34. The summed E-state index contributed by atoms with van der Waals surface area (Å²) in [5.41, 5.74) is 11.5. The van der Waals surface area contributed by atoms with E-state index in [4.69, 9.17) is 4.42 Å². The van der Waals surface area contributed by atoms with Crippen molar-refractivity contribution in [3.63, 3.8) is 0 Å². The fourth-order valence-corrected chi connectivity index (χ4v) is 7.98. The first-order valence-corrected chi connectivity index (χ1v) is 16.9. The van der Waals surface area contributed by atoms with Crippen molar-refractivity contribution in [3.05, 3.63) is 182 Å². The second-order valence-electron chi connectivity index (χ2n) is 12.8. The molecule has 0 bridgehead atoms. The maximum absolute atomic E-state index is 6.43. The standard InChI is InChI=1S/C48H30O/c1-3-15-31(16-4-1)45-36-21-9-11-23-38(36)46(39-24-12-10-22-37(39)45)34-29-33-19-7-8-20-35(33)42(30-34)40-27-28-44-48(41-25-13-14-26-43(41)49-44)47(40)32-17-5-2-6-18-32/h1-30H. The summed E-state index contributed by atoms with van der Waals surface area (Å²) in [6.07, 6.45) is 0. The molecule has 10 rings (SSSR count). The van der Waals surface area contributed by atoms with Gasteiger partial charge in [0, 0.05) is 16.3 Å². The van der Waals surface area contributed by atoms with E-state index in [0.29, 0.717) is 0 Å². The number of benzene rings is 9. The van der Waals surface area contributed by atoms with Crippen LogP contribution >= 0.6 is 0 Å². The van der Waals surface area contributed by atoms with Crippen LogP contribution in [0.4, 0.5) is 0 Å². The van der Waals surface area contributed by atoms with Crippen molar-refractivity contribution < 1.29 is 4.42 Å². The highest BCUT2D eigenvalue weighted by atomic mass is 16.3. The minimum atomic E-state index is 0.901. The molecule has 1 nitrogen and oxygen atoms in total. The van der Waals surface area contributed by atoms with E-state index in [1.807, 2.05) is 6.07 Å². The third kappa shape index (κ3) is 4.33. The number of furan rings is 1. The fraction of sp³-hybridized carbons (Fsp3) is 0. The number of para-hydroxylation sites is 1. The number of hydrogen-bond donors (Lipinski definition) is 0. The normalized spacial score (nSPS) is 11.7. The first-order valence-electron chi connectivity index (χ1n) is 16.9. The van der Waals surface area contributed by atoms with Crippen LogP contribution in [0.3, 0.4) is 0 Å². The Morgan fingerprint density at radius 3 is 1.41 bits per heavy atom. The second kappa shape index (κ2) is 11.1. The molecular weight excluding hydrogens is 593 g/mol. The molecule has 0 atom stereocenters. The molecule has 0 fully saturated rings. The first-order chi connectivity index (χ1) is 24.3. The number of rotatable bonds is 4. The predicted molar refractivity (Wildman–Crippen MR) is 208 cm³/mol. The van der Waals surface area contributed by atoms with Crippen molar-refractivity contribution in [2.75, 3.05) is 0 Å². The Kier molecular flexibility index (Phi) is 6.25. The maximum Gasteiger partial charge on any atom is 0.136 e. The van der Waals surface area contributed by atoms with E-state index in [-0.39, 0.29) is 0 Å². The van der Waals surface area contributed by atoms with Crippen molar-refractivity contribution in [1.82, 2.24) is 0 Å². The zero-order chi connectivity index (χ0) is 32.3. The molecule has 0 saturated carbocycles. The van der Waals surface area contributed by atoms with E-state index < -0.39 is 0 Å². The van der Waals surface area contributed by atoms with Gasteiger partial charge in [-0.25, -0.2) is 0 Å². The van der Waals surface area contributed by atoms with Crippen LogP contribution in [0.2, 0.25) is 0 Å². The average molecular weight is 623 g/mol. The summed E-state index contributed by atoms with van der Waals surface area (Å²) in [6, 6.07) is 65.8. The lowest BCUT2D eigenvalue weighted by atomic mass is 9.83. The van der Waals surface area contributed by atoms with E-state index in [1.54, 1.807) is 0 Å². The van der Waals surface area contributed by atoms with Gasteiger partial charge in [0.2, 0.25) is 0 Å². The van der Waals surface area contributed by atoms with Crippen molar-refractivity contribution in [3.8, 4) is 44.5 Å². The van der Waals surface area contributed by atoms with E-state index >= 15 is 0 Å². The topological polar surface area (TPSA) is 13.1 Å². The molecule has 1 heterocycles. The van der Waals surface area contributed by atoms with E-state index in [2.05, 4.69) is 176 Å². The lowest BCUT2D eigenvalue weighted by molar-refractivity contribution is 0.669. The van der Waals surface area contributed by atoms with Gasteiger partial charge in [-0.2, -0.15) is 0 Å². The van der Waals surface area contributed by atoms with E-state index in [1.165, 1.54) is 76.8 Å². The maximum atomic E-state index is 6.43. The zero-order valence-corrected chi connectivity index (χ0v) is 26.7. The molecule has 0 N–H and O–H groups in total. The van der Waals surface area contributed by atoms with Gasteiger partial charge in [-0.05, 0) is 102 Å². The molecular formula is C48H30O. The molecule has 1 aromatic heterocycles. The van der Waals surface area contributed by atoms with Gasteiger partial charge in [-0.15, -0.1) is 0 Å².